The summed E-state index contributed by atoms with van der Waals surface area (Å²) in [5.41, 5.74) is 3.02. The molecule has 0 fully saturated rings. The van der Waals surface area contributed by atoms with Crippen LogP contribution in [0.3, 0.4) is 0 Å². The molecule has 126 valence electrons. The van der Waals surface area contributed by atoms with Crippen LogP contribution in [-0.2, 0) is 22.7 Å². The summed E-state index contributed by atoms with van der Waals surface area (Å²) in [5, 5.41) is 3.43. The van der Waals surface area contributed by atoms with Crippen molar-refractivity contribution in [3.8, 4) is 0 Å². The summed E-state index contributed by atoms with van der Waals surface area (Å²) in [5.74, 6) is -0.363. The van der Waals surface area contributed by atoms with E-state index in [1.165, 1.54) is 17.4 Å². The molecule has 1 N–H and O–H groups in total. The van der Waals surface area contributed by atoms with Gasteiger partial charge in [-0.3, -0.25) is 9.59 Å². The molecule has 0 aliphatic rings. The van der Waals surface area contributed by atoms with Crippen molar-refractivity contribution in [2.75, 3.05) is 6.54 Å². The third kappa shape index (κ3) is 5.39. The summed E-state index contributed by atoms with van der Waals surface area (Å²) >= 11 is 6.12. The van der Waals surface area contributed by atoms with Crippen LogP contribution in [0.1, 0.15) is 23.6 Å². The van der Waals surface area contributed by atoms with Crippen molar-refractivity contribution in [2.45, 2.75) is 26.9 Å². The number of halogens is 1. The van der Waals surface area contributed by atoms with Gasteiger partial charge in [-0.15, -0.1) is 0 Å². The van der Waals surface area contributed by atoms with Crippen LogP contribution in [-0.4, -0.2) is 23.3 Å². The van der Waals surface area contributed by atoms with Crippen molar-refractivity contribution in [1.82, 2.24) is 10.2 Å². The quantitative estimate of drug-likeness (QED) is 0.874. The molecule has 0 aliphatic carbocycles. The Morgan fingerprint density at radius 1 is 1.08 bits per heavy atom. The molecule has 2 aromatic rings. The molecule has 2 rings (SSSR count). The molecule has 4 nitrogen and oxygen atoms in total. The smallest absolute Gasteiger partial charge is 0.239 e. The normalized spacial score (nSPS) is 10.3. The summed E-state index contributed by atoms with van der Waals surface area (Å²) in [4.78, 5) is 25.4. The molecule has 24 heavy (non-hydrogen) atoms. The standard InChI is InChI=1S/C19H21ClN2O2/c1-14-7-9-16(10-8-14)11-21-19(24)13-22(15(2)23)12-17-5-3-4-6-18(17)20/h3-10H,11-13H2,1-2H3,(H,21,24). The van der Waals surface area contributed by atoms with Crippen LogP contribution in [0.15, 0.2) is 48.5 Å². The maximum atomic E-state index is 12.1. The zero-order valence-electron chi connectivity index (χ0n) is 13.9. The van der Waals surface area contributed by atoms with Gasteiger partial charge in [0.05, 0.1) is 6.54 Å². The minimum absolute atomic E-state index is 0.00637. The van der Waals surface area contributed by atoms with E-state index < -0.39 is 0 Å². The SMILES string of the molecule is CC(=O)N(CC(=O)NCc1ccc(C)cc1)Cc1ccccc1Cl. The number of hydrogen-bond donors (Lipinski definition) is 1. The Labute approximate surface area is 147 Å². The highest BCUT2D eigenvalue weighted by Crippen LogP contribution is 2.17. The van der Waals surface area contributed by atoms with Crippen molar-refractivity contribution in [3.05, 3.63) is 70.2 Å². The van der Waals surface area contributed by atoms with Crippen LogP contribution >= 0.6 is 11.6 Å². The number of rotatable bonds is 6. The van der Waals surface area contributed by atoms with E-state index in [1.54, 1.807) is 6.07 Å². The number of nitrogens with zero attached hydrogens (tertiary/aromatic N) is 1. The molecule has 0 unspecified atom stereocenters. The second-order valence-corrected chi connectivity index (χ2v) is 6.14. The van der Waals surface area contributed by atoms with Crippen molar-refractivity contribution >= 4 is 23.4 Å². The van der Waals surface area contributed by atoms with E-state index in [4.69, 9.17) is 11.6 Å². The average molecular weight is 345 g/mol. The second-order valence-electron chi connectivity index (χ2n) is 5.73. The molecular weight excluding hydrogens is 324 g/mol. The molecule has 2 amide bonds. The van der Waals surface area contributed by atoms with Crippen LogP contribution in [0.2, 0.25) is 5.02 Å². The van der Waals surface area contributed by atoms with Gasteiger partial charge in [-0.25, -0.2) is 0 Å². The fourth-order valence-corrected chi connectivity index (χ4v) is 2.44. The molecule has 2 aromatic carbocycles. The highest BCUT2D eigenvalue weighted by Gasteiger charge is 2.15. The number of aryl methyl sites for hydroxylation is 1. The summed E-state index contributed by atoms with van der Waals surface area (Å²) in [6.07, 6.45) is 0. The lowest BCUT2D eigenvalue weighted by Gasteiger charge is -2.21. The van der Waals surface area contributed by atoms with Gasteiger partial charge in [0.1, 0.15) is 0 Å². The molecule has 0 heterocycles. The van der Waals surface area contributed by atoms with Crippen molar-refractivity contribution in [1.29, 1.82) is 0 Å². The first-order valence-electron chi connectivity index (χ1n) is 7.77. The van der Waals surface area contributed by atoms with Gasteiger partial charge in [-0.1, -0.05) is 59.6 Å². The van der Waals surface area contributed by atoms with Crippen LogP contribution in [0.4, 0.5) is 0 Å². The minimum atomic E-state index is -0.196. The Bertz CT molecular complexity index is 714. The Morgan fingerprint density at radius 3 is 2.38 bits per heavy atom. The molecule has 0 saturated heterocycles. The lowest BCUT2D eigenvalue weighted by atomic mass is 10.1. The highest BCUT2D eigenvalue weighted by molar-refractivity contribution is 6.31. The van der Waals surface area contributed by atoms with Gasteiger partial charge >= 0.3 is 0 Å². The third-order valence-electron chi connectivity index (χ3n) is 3.71. The first-order chi connectivity index (χ1) is 11.5. The van der Waals surface area contributed by atoms with E-state index >= 15 is 0 Å². The summed E-state index contributed by atoms with van der Waals surface area (Å²) in [6.45, 7) is 4.22. The molecule has 0 atom stereocenters. The number of benzene rings is 2. The van der Waals surface area contributed by atoms with E-state index in [-0.39, 0.29) is 18.4 Å². The largest absolute Gasteiger partial charge is 0.350 e. The number of nitrogens with one attached hydrogen (secondary N) is 1. The van der Waals surface area contributed by atoms with Gasteiger partial charge in [0.15, 0.2) is 0 Å². The van der Waals surface area contributed by atoms with E-state index in [9.17, 15) is 9.59 Å². The molecule has 0 radical (unpaired) electrons. The number of carbonyl (C=O) groups excluding carboxylic acids is 2. The summed E-state index contributed by atoms with van der Waals surface area (Å²) in [7, 11) is 0. The second kappa shape index (κ2) is 8.50. The van der Waals surface area contributed by atoms with E-state index in [1.807, 2.05) is 49.4 Å². The summed E-state index contributed by atoms with van der Waals surface area (Å²) < 4.78 is 0. The molecule has 0 bridgehead atoms. The van der Waals surface area contributed by atoms with Crippen molar-refractivity contribution < 1.29 is 9.59 Å². The molecule has 0 aromatic heterocycles. The predicted molar refractivity (Wildman–Crippen MR) is 95.6 cm³/mol. The van der Waals surface area contributed by atoms with Gasteiger partial charge in [-0.2, -0.15) is 0 Å². The lowest BCUT2D eigenvalue weighted by Crippen LogP contribution is -2.39. The Kier molecular flexibility index (Phi) is 6.38. The molecule has 5 heteroatoms. The van der Waals surface area contributed by atoms with Gasteiger partial charge in [0.2, 0.25) is 11.8 Å². The molecular formula is C19H21ClN2O2. The fourth-order valence-electron chi connectivity index (χ4n) is 2.25. The number of carbonyl (C=O) groups is 2. The Hall–Kier alpha value is -2.33. The monoisotopic (exact) mass is 344 g/mol. The highest BCUT2D eigenvalue weighted by atomic mass is 35.5. The van der Waals surface area contributed by atoms with Gasteiger partial charge in [-0.05, 0) is 24.1 Å². The van der Waals surface area contributed by atoms with Crippen LogP contribution < -0.4 is 5.32 Å². The van der Waals surface area contributed by atoms with Crippen LogP contribution in [0, 0.1) is 6.92 Å². The minimum Gasteiger partial charge on any atom is -0.350 e. The van der Waals surface area contributed by atoms with Crippen LogP contribution in [0.5, 0.6) is 0 Å². The van der Waals surface area contributed by atoms with Crippen molar-refractivity contribution in [3.63, 3.8) is 0 Å². The lowest BCUT2D eigenvalue weighted by molar-refractivity contribution is -0.135. The van der Waals surface area contributed by atoms with Gasteiger partial charge < -0.3 is 10.2 Å². The zero-order valence-corrected chi connectivity index (χ0v) is 14.6. The zero-order chi connectivity index (χ0) is 17.5. The molecule has 0 aliphatic heterocycles. The maximum Gasteiger partial charge on any atom is 0.239 e. The van der Waals surface area contributed by atoms with Gasteiger partial charge in [0, 0.05) is 25.0 Å². The Morgan fingerprint density at radius 2 is 1.75 bits per heavy atom. The number of hydrogen-bond acceptors (Lipinski definition) is 2. The van der Waals surface area contributed by atoms with E-state index in [2.05, 4.69) is 5.32 Å². The van der Waals surface area contributed by atoms with Crippen LogP contribution in [0.25, 0.3) is 0 Å². The third-order valence-corrected chi connectivity index (χ3v) is 4.08. The summed E-state index contributed by atoms with van der Waals surface area (Å²) in [6, 6.07) is 15.3. The van der Waals surface area contributed by atoms with Gasteiger partial charge in [0.25, 0.3) is 0 Å². The molecule has 0 saturated carbocycles. The first kappa shape index (κ1) is 18.0. The maximum absolute atomic E-state index is 12.1. The molecule has 0 spiro atoms. The number of amides is 2. The topological polar surface area (TPSA) is 49.4 Å². The van der Waals surface area contributed by atoms with E-state index in [0.29, 0.717) is 18.1 Å². The van der Waals surface area contributed by atoms with E-state index in [0.717, 1.165) is 11.1 Å². The predicted octanol–water partition coefficient (Wildman–Crippen LogP) is 3.31. The fraction of sp³-hybridized carbons (Fsp3) is 0.263. The average Bonchev–Trinajstić information content (AvgIpc) is 2.55. The Balaban J connectivity index is 1.92. The first-order valence-corrected chi connectivity index (χ1v) is 8.14. The van der Waals surface area contributed by atoms with Crippen molar-refractivity contribution in [2.24, 2.45) is 0 Å².